The van der Waals surface area contributed by atoms with Crippen LogP contribution in [-0.4, -0.2) is 73.0 Å². The molecule has 5 nitrogen and oxygen atoms in total. The lowest BCUT2D eigenvalue weighted by atomic mass is 9.62. The number of likely N-dealkylation sites (tertiary alicyclic amines) is 1. The fourth-order valence-corrected chi connectivity index (χ4v) is 6.75. The maximum absolute atomic E-state index is 14.9. The number of benzene rings is 2. The van der Waals surface area contributed by atoms with E-state index in [4.69, 9.17) is 5.32 Å². The predicted molar refractivity (Wildman–Crippen MR) is 147 cm³/mol. The molecule has 2 saturated heterocycles. The van der Waals surface area contributed by atoms with Crippen LogP contribution >= 0.6 is 0 Å². The number of phenols is 1. The van der Waals surface area contributed by atoms with Crippen LogP contribution in [0.4, 0.5) is 4.39 Å². The summed E-state index contributed by atoms with van der Waals surface area (Å²) < 4.78 is 14.9. The van der Waals surface area contributed by atoms with E-state index < -0.39 is 0 Å². The number of hydrogen-bond acceptors (Lipinski definition) is 4. The van der Waals surface area contributed by atoms with Crippen LogP contribution in [0.1, 0.15) is 60.5 Å². The molecule has 0 bridgehead atoms. The molecule has 37 heavy (non-hydrogen) atoms. The minimum Gasteiger partial charge on any atom is -0.508 e. The highest BCUT2D eigenvalue weighted by molar-refractivity contribution is 5.99. The van der Waals surface area contributed by atoms with E-state index in [1.165, 1.54) is 6.07 Å². The van der Waals surface area contributed by atoms with Gasteiger partial charge in [-0.1, -0.05) is 24.3 Å². The lowest BCUT2D eigenvalue weighted by Gasteiger charge is -2.48. The maximum atomic E-state index is 14.9. The van der Waals surface area contributed by atoms with E-state index in [2.05, 4.69) is 37.7 Å². The average molecular weight is 509 g/mol. The van der Waals surface area contributed by atoms with Crippen LogP contribution in [0.25, 0.3) is 0 Å². The minimum absolute atomic E-state index is 0.0281. The summed E-state index contributed by atoms with van der Waals surface area (Å²) in [5.41, 5.74) is 1.92. The zero-order valence-electron chi connectivity index (χ0n) is 23.1. The minimum atomic E-state index is -0.328. The van der Waals surface area contributed by atoms with Crippen molar-refractivity contribution in [1.82, 2.24) is 15.1 Å². The molecule has 0 aromatic heterocycles. The molecule has 0 amide bonds. The SMILES string of the molecule is Cc1c(F)cccc1[C@@H]1C([C@@H]2CC[N]C2(C)C)CN(CCCCN(C)C)C[C@@H]1C(=O)c1cccc(O)c1. The first-order valence-corrected chi connectivity index (χ1v) is 13.7. The quantitative estimate of drug-likeness (QED) is 0.378. The highest BCUT2D eigenvalue weighted by atomic mass is 19.1. The van der Waals surface area contributed by atoms with Gasteiger partial charge >= 0.3 is 0 Å². The number of hydrogen-bond donors (Lipinski definition) is 1. The van der Waals surface area contributed by atoms with E-state index in [0.717, 1.165) is 51.0 Å². The standard InChI is InChI=1S/C31H43FN3O2/c1-21-24(12-9-13-28(21)32)29-25(27-14-15-33-31(27,2)3)19-35(17-7-6-16-34(4)5)20-26(29)30(37)22-10-8-11-23(36)18-22/h8-13,18,25-27,29,36H,6-7,14-17,19-20H2,1-5H3/t25?,26-,27-,29+/m0/s1. The second kappa shape index (κ2) is 11.6. The number of carbonyl (C=O) groups is 1. The monoisotopic (exact) mass is 508 g/mol. The van der Waals surface area contributed by atoms with Gasteiger partial charge in [0, 0.05) is 36.7 Å². The van der Waals surface area contributed by atoms with Crippen LogP contribution in [0.15, 0.2) is 42.5 Å². The Morgan fingerprint density at radius 3 is 2.59 bits per heavy atom. The topological polar surface area (TPSA) is 57.9 Å². The highest BCUT2D eigenvalue weighted by Crippen LogP contribution is 2.49. The van der Waals surface area contributed by atoms with Gasteiger partial charge in [-0.2, -0.15) is 0 Å². The molecule has 4 atom stereocenters. The Morgan fingerprint density at radius 1 is 1.16 bits per heavy atom. The molecule has 2 aromatic rings. The molecular formula is C31H43FN3O2. The second-order valence-electron chi connectivity index (χ2n) is 11.9. The Hall–Kier alpha value is -2.28. The Bertz CT molecular complexity index is 1090. The fraction of sp³-hybridized carbons (Fsp3) is 0.581. The summed E-state index contributed by atoms with van der Waals surface area (Å²) in [5.74, 6) is -0.0539. The molecule has 2 fully saturated rings. The zero-order valence-corrected chi connectivity index (χ0v) is 23.1. The van der Waals surface area contributed by atoms with Gasteiger partial charge in [0.2, 0.25) is 0 Å². The first-order valence-electron chi connectivity index (χ1n) is 13.7. The average Bonchev–Trinajstić information content (AvgIpc) is 3.21. The van der Waals surface area contributed by atoms with Crippen LogP contribution < -0.4 is 5.32 Å². The van der Waals surface area contributed by atoms with Crippen LogP contribution in [0.2, 0.25) is 0 Å². The van der Waals surface area contributed by atoms with E-state index in [-0.39, 0.29) is 40.6 Å². The number of ketones is 1. The van der Waals surface area contributed by atoms with E-state index in [0.29, 0.717) is 23.6 Å². The Kier molecular flexibility index (Phi) is 8.72. The summed E-state index contributed by atoms with van der Waals surface area (Å²) >= 11 is 0. The molecular weight excluding hydrogens is 465 g/mol. The molecule has 2 aromatic carbocycles. The fourth-order valence-electron chi connectivity index (χ4n) is 6.75. The van der Waals surface area contributed by atoms with Crippen molar-refractivity contribution < 1.29 is 14.3 Å². The smallest absolute Gasteiger partial charge is 0.167 e. The first kappa shape index (κ1) is 27.7. The molecule has 1 radical (unpaired) electrons. The van der Waals surface area contributed by atoms with Gasteiger partial charge in [-0.15, -0.1) is 0 Å². The third-order valence-electron chi connectivity index (χ3n) is 8.67. The van der Waals surface area contributed by atoms with Crippen molar-refractivity contribution in [2.24, 2.45) is 17.8 Å². The number of halogens is 1. The summed E-state index contributed by atoms with van der Waals surface area (Å²) in [5, 5.41) is 15.1. The molecule has 2 aliphatic heterocycles. The van der Waals surface area contributed by atoms with Crippen molar-refractivity contribution in [3.05, 3.63) is 65.0 Å². The molecule has 4 rings (SSSR count). The molecule has 2 heterocycles. The third kappa shape index (κ3) is 6.24. The van der Waals surface area contributed by atoms with E-state index in [9.17, 15) is 14.3 Å². The number of phenolic OH excluding ortho intramolecular Hbond substituents is 1. The Labute approximate surface area is 222 Å². The van der Waals surface area contributed by atoms with Crippen molar-refractivity contribution >= 4 is 5.78 Å². The van der Waals surface area contributed by atoms with Gasteiger partial charge in [0.15, 0.2) is 5.78 Å². The van der Waals surface area contributed by atoms with Crippen LogP contribution in [0, 0.1) is 30.5 Å². The molecule has 0 spiro atoms. The highest BCUT2D eigenvalue weighted by Gasteiger charge is 2.50. The third-order valence-corrected chi connectivity index (χ3v) is 8.67. The van der Waals surface area contributed by atoms with Crippen molar-refractivity contribution in [2.45, 2.75) is 51.5 Å². The zero-order chi connectivity index (χ0) is 26.7. The molecule has 201 valence electrons. The number of Topliss-reactive ketones (excluding diaryl/α,β-unsaturated/α-hetero) is 1. The van der Waals surface area contributed by atoms with Gasteiger partial charge in [0.1, 0.15) is 11.6 Å². The Morgan fingerprint density at radius 2 is 1.92 bits per heavy atom. The number of rotatable bonds is 9. The summed E-state index contributed by atoms with van der Waals surface area (Å²) in [7, 11) is 4.19. The van der Waals surface area contributed by atoms with Gasteiger partial charge in [0.25, 0.3) is 0 Å². The predicted octanol–water partition coefficient (Wildman–Crippen LogP) is 5.10. The second-order valence-corrected chi connectivity index (χ2v) is 11.9. The van der Waals surface area contributed by atoms with Crippen molar-refractivity contribution in [3.63, 3.8) is 0 Å². The molecule has 1 unspecified atom stereocenters. The van der Waals surface area contributed by atoms with Gasteiger partial charge < -0.3 is 14.9 Å². The normalized spacial score (nSPS) is 26.0. The van der Waals surface area contributed by atoms with Crippen molar-refractivity contribution in [3.8, 4) is 5.75 Å². The number of carbonyl (C=O) groups excluding carboxylic acids is 1. The lowest BCUT2D eigenvalue weighted by molar-refractivity contribution is 0.0410. The van der Waals surface area contributed by atoms with Gasteiger partial charge in [-0.05, 0) is 114 Å². The van der Waals surface area contributed by atoms with Crippen LogP contribution in [-0.2, 0) is 0 Å². The molecule has 0 saturated carbocycles. The van der Waals surface area contributed by atoms with Crippen molar-refractivity contribution in [2.75, 3.05) is 46.8 Å². The summed E-state index contributed by atoms with van der Waals surface area (Å²) in [4.78, 5) is 18.8. The number of piperidine rings is 1. The molecule has 1 N–H and O–H groups in total. The Balaban J connectivity index is 1.75. The molecule has 2 aliphatic rings. The van der Waals surface area contributed by atoms with Crippen LogP contribution in [0.5, 0.6) is 5.75 Å². The van der Waals surface area contributed by atoms with E-state index in [1.54, 1.807) is 30.3 Å². The first-order chi connectivity index (χ1) is 17.6. The number of aromatic hydroxyl groups is 1. The summed E-state index contributed by atoms with van der Waals surface area (Å²) in [6.45, 7) is 10.6. The largest absolute Gasteiger partial charge is 0.508 e. The maximum Gasteiger partial charge on any atom is 0.167 e. The van der Waals surface area contributed by atoms with Crippen molar-refractivity contribution in [1.29, 1.82) is 0 Å². The summed E-state index contributed by atoms with van der Waals surface area (Å²) in [6, 6.07) is 12.0. The van der Waals surface area contributed by atoms with Gasteiger partial charge in [-0.25, -0.2) is 9.71 Å². The van der Waals surface area contributed by atoms with Gasteiger partial charge in [0.05, 0.1) is 0 Å². The molecule has 6 heteroatoms. The van der Waals surface area contributed by atoms with Crippen LogP contribution in [0.3, 0.4) is 0 Å². The number of unbranched alkanes of at least 4 members (excludes halogenated alkanes) is 1. The van der Waals surface area contributed by atoms with E-state index in [1.807, 2.05) is 13.0 Å². The summed E-state index contributed by atoms with van der Waals surface area (Å²) in [6.07, 6.45) is 3.17. The number of nitrogens with zero attached hydrogens (tertiary/aromatic N) is 3. The lowest BCUT2D eigenvalue weighted by Crippen LogP contribution is -2.53. The molecule has 0 aliphatic carbocycles. The van der Waals surface area contributed by atoms with Gasteiger partial charge in [-0.3, -0.25) is 4.79 Å². The van der Waals surface area contributed by atoms with E-state index >= 15 is 0 Å².